The van der Waals surface area contributed by atoms with E-state index in [1.165, 1.54) is 0 Å². The van der Waals surface area contributed by atoms with Crippen molar-refractivity contribution in [2.24, 2.45) is 0 Å². The van der Waals surface area contributed by atoms with Gasteiger partial charge in [0.15, 0.2) is 0 Å². The lowest BCUT2D eigenvalue weighted by Gasteiger charge is -2.19. The zero-order valence-corrected chi connectivity index (χ0v) is 13.1. The summed E-state index contributed by atoms with van der Waals surface area (Å²) in [6, 6.07) is 1.93. The average molecular weight is 299 g/mol. The summed E-state index contributed by atoms with van der Waals surface area (Å²) < 4.78 is 1.98. The van der Waals surface area contributed by atoms with Gasteiger partial charge in [-0.3, -0.25) is 9.58 Å². The molecule has 0 saturated carbocycles. The third kappa shape index (κ3) is 4.22. The zero-order chi connectivity index (χ0) is 14.5. The van der Waals surface area contributed by atoms with Gasteiger partial charge < -0.3 is 10.2 Å². The van der Waals surface area contributed by atoms with Crippen molar-refractivity contribution in [3.8, 4) is 0 Å². The van der Waals surface area contributed by atoms with Gasteiger partial charge >= 0.3 is 0 Å². The standard InChI is InChI=1S/C14H25N3O2S/c1-11(2)20-7-6-16-4-3-5-17-12(9-16)8-13(15-17)14(19)10-18/h8,11,14,18-19H,3-7,9-10H2,1-2H3. The van der Waals surface area contributed by atoms with Gasteiger partial charge in [-0.05, 0) is 17.7 Å². The number of aromatic nitrogens is 2. The molecule has 0 aliphatic carbocycles. The molecule has 0 radical (unpaired) electrons. The number of nitrogens with zero attached hydrogens (tertiary/aromatic N) is 3. The highest BCUT2D eigenvalue weighted by Gasteiger charge is 2.19. The predicted molar refractivity (Wildman–Crippen MR) is 81.8 cm³/mol. The minimum absolute atomic E-state index is 0.273. The van der Waals surface area contributed by atoms with Crippen molar-refractivity contribution in [3.05, 3.63) is 17.5 Å². The lowest BCUT2D eigenvalue weighted by atomic mass is 10.2. The maximum Gasteiger partial charge on any atom is 0.121 e. The van der Waals surface area contributed by atoms with Gasteiger partial charge in [0.25, 0.3) is 0 Å². The molecule has 0 amide bonds. The molecular formula is C14H25N3O2S. The Kier molecular flexibility index (Phi) is 5.89. The normalized spacial score (nSPS) is 18.1. The molecule has 1 unspecified atom stereocenters. The summed E-state index contributed by atoms with van der Waals surface area (Å²) in [4.78, 5) is 2.45. The highest BCUT2D eigenvalue weighted by molar-refractivity contribution is 7.99. The predicted octanol–water partition coefficient (Wildman–Crippen LogP) is 1.26. The summed E-state index contributed by atoms with van der Waals surface area (Å²) >= 11 is 1.99. The number of hydrogen-bond donors (Lipinski definition) is 2. The lowest BCUT2D eigenvalue weighted by Crippen LogP contribution is -2.26. The Hall–Kier alpha value is -0.560. The second kappa shape index (κ2) is 7.45. The quantitative estimate of drug-likeness (QED) is 0.828. The molecule has 1 aromatic rings. The number of fused-ring (bicyclic) bond motifs is 1. The third-order valence-corrected chi connectivity index (χ3v) is 4.57. The molecule has 114 valence electrons. The first-order chi connectivity index (χ1) is 9.60. The zero-order valence-electron chi connectivity index (χ0n) is 12.3. The van der Waals surface area contributed by atoms with Crippen molar-refractivity contribution < 1.29 is 10.2 Å². The number of aliphatic hydroxyl groups excluding tert-OH is 2. The van der Waals surface area contributed by atoms with Gasteiger partial charge in [-0.25, -0.2) is 0 Å². The Morgan fingerprint density at radius 3 is 2.90 bits per heavy atom. The first kappa shape index (κ1) is 15.8. The summed E-state index contributed by atoms with van der Waals surface area (Å²) in [5.41, 5.74) is 1.72. The second-order valence-corrected chi connectivity index (χ2v) is 7.22. The highest BCUT2D eigenvalue weighted by Crippen LogP contribution is 2.18. The van der Waals surface area contributed by atoms with E-state index in [-0.39, 0.29) is 6.61 Å². The van der Waals surface area contributed by atoms with Crippen molar-refractivity contribution in [1.29, 1.82) is 0 Å². The summed E-state index contributed by atoms with van der Waals surface area (Å²) in [6.45, 7) is 8.14. The number of rotatable bonds is 6. The Morgan fingerprint density at radius 1 is 1.40 bits per heavy atom. The molecule has 0 aromatic carbocycles. The van der Waals surface area contributed by atoms with Crippen LogP contribution in [0.2, 0.25) is 0 Å². The first-order valence-electron chi connectivity index (χ1n) is 7.29. The number of aryl methyl sites for hydroxylation is 1. The lowest BCUT2D eigenvalue weighted by molar-refractivity contribution is 0.0916. The molecule has 1 aliphatic rings. The Balaban J connectivity index is 1.96. The molecule has 2 rings (SSSR count). The number of aliphatic hydroxyl groups is 2. The van der Waals surface area contributed by atoms with Crippen LogP contribution in [-0.4, -0.2) is 55.6 Å². The summed E-state index contributed by atoms with van der Waals surface area (Å²) in [5, 5.41) is 23.8. The van der Waals surface area contributed by atoms with Crippen molar-refractivity contribution in [2.45, 2.75) is 44.7 Å². The third-order valence-electron chi connectivity index (χ3n) is 3.49. The topological polar surface area (TPSA) is 61.5 Å². The van der Waals surface area contributed by atoms with Crippen LogP contribution in [0.15, 0.2) is 6.07 Å². The van der Waals surface area contributed by atoms with Crippen LogP contribution in [-0.2, 0) is 13.1 Å². The monoisotopic (exact) mass is 299 g/mol. The number of thioether (sulfide) groups is 1. The largest absolute Gasteiger partial charge is 0.393 e. The van der Waals surface area contributed by atoms with E-state index in [1.807, 2.05) is 22.5 Å². The van der Waals surface area contributed by atoms with Gasteiger partial charge in [-0.15, -0.1) is 0 Å². The smallest absolute Gasteiger partial charge is 0.121 e. The minimum Gasteiger partial charge on any atom is -0.393 e. The van der Waals surface area contributed by atoms with Gasteiger partial charge in [0.1, 0.15) is 6.10 Å². The fourth-order valence-electron chi connectivity index (χ4n) is 2.42. The van der Waals surface area contributed by atoms with E-state index in [0.29, 0.717) is 10.9 Å². The van der Waals surface area contributed by atoms with Gasteiger partial charge in [-0.2, -0.15) is 16.9 Å². The van der Waals surface area contributed by atoms with Gasteiger partial charge in [0.2, 0.25) is 0 Å². The van der Waals surface area contributed by atoms with Crippen LogP contribution < -0.4 is 0 Å². The van der Waals surface area contributed by atoms with Gasteiger partial charge in [-0.1, -0.05) is 13.8 Å². The summed E-state index contributed by atoms with van der Waals surface area (Å²) in [6.07, 6.45) is 0.217. The van der Waals surface area contributed by atoms with Crippen molar-refractivity contribution in [2.75, 3.05) is 25.4 Å². The molecular weight excluding hydrogens is 274 g/mol. The Morgan fingerprint density at radius 2 is 2.20 bits per heavy atom. The van der Waals surface area contributed by atoms with Crippen LogP contribution in [0.4, 0.5) is 0 Å². The van der Waals surface area contributed by atoms with Crippen LogP contribution in [0, 0.1) is 0 Å². The second-order valence-electron chi connectivity index (χ2n) is 5.53. The van der Waals surface area contributed by atoms with Crippen molar-refractivity contribution in [3.63, 3.8) is 0 Å². The van der Waals surface area contributed by atoms with Gasteiger partial charge in [0, 0.05) is 31.9 Å². The maximum atomic E-state index is 9.67. The summed E-state index contributed by atoms with van der Waals surface area (Å²) in [7, 11) is 0. The van der Waals surface area contributed by atoms with E-state index < -0.39 is 6.10 Å². The molecule has 5 nitrogen and oxygen atoms in total. The Bertz CT molecular complexity index is 423. The van der Waals surface area contributed by atoms with E-state index in [9.17, 15) is 5.11 Å². The van der Waals surface area contributed by atoms with E-state index in [2.05, 4.69) is 23.8 Å². The van der Waals surface area contributed by atoms with Crippen LogP contribution in [0.25, 0.3) is 0 Å². The molecule has 0 spiro atoms. The molecule has 6 heteroatoms. The Labute approximate surface area is 125 Å². The SMILES string of the molecule is CC(C)SCCN1CCCn2nc(C(O)CO)cc2C1. The first-order valence-corrected chi connectivity index (χ1v) is 8.34. The van der Waals surface area contributed by atoms with Crippen molar-refractivity contribution in [1.82, 2.24) is 14.7 Å². The molecule has 0 saturated heterocycles. The maximum absolute atomic E-state index is 9.67. The van der Waals surface area contributed by atoms with Crippen LogP contribution in [0.3, 0.4) is 0 Å². The average Bonchev–Trinajstić information content (AvgIpc) is 2.71. The molecule has 1 aliphatic heterocycles. The molecule has 1 atom stereocenters. The number of hydrogen-bond acceptors (Lipinski definition) is 5. The van der Waals surface area contributed by atoms with E-state index >= 15 is 0 Å². The fraction of sp³-hybridized carbons (Fsp3) is 0.786. The summed E-state index contributed by atoms with van der Waals surface area (Å²) in [5.74, 6) is 1.15. The van der Waals surface area contributed by atoms with Gasteiger partial charge in [0.05, 0.1) is 18.0 Å². The van der Waals surface area contributed by atoms with Crippen LogP contribution in [0.5, 0.6) is 0 Å². The van der Waals surface area contributed by atoms with E-state index in [0.717, 1.165) is 44.0 Å². The molecule has 0 bridgehead atoms. The molecule has 2 heterocycles. The molecule has 20 heavy (non-hydrogen) atoms. The highest BCUT2D eigenvalue weighted by atomic mass is 32.2. The molecule has 2 N–H and O–H groups in total. The van der Waals surface area contributed by atoms with E-state index in [1.54, 1.807) is 0 Å². The van der Waals surface area contributed by atoms with Crippen LogP contribution in [0.1, 0.15) is 37.8 Å². The fourth-order valence-corrected chi connectivity index (χ4v) is 3.25. The van der Waals surface area contributed by atoms with Crippen LogP contribution >= 0.6 is 11.8 Å². The minimum atomic E-state index is -0.862. The molecule has 1 aromatic heterocycles. The van der Waals surface area contributed by atoms with E-state index in [4.69, 9.17) is 5.11 Å². The molecule has 0 fully saturated rings. The van der Waals surface area contributed by atoms with Crippen molar-refractivity contribution >= 4 is 11.8 Å².